The van der Waals surface area contributed by atoms with E-state index in [1.165, 1.54) is 0 Å². The minimum Gasteiger partial charge on any atom is -0.361 e. The molecule has 5 heteroatoms. The van der Waals surface area contributed by atoms with Gasteiger partial charge >= 0.3 is 0 Å². The summed E-state index contributed by atoms with van der Waals surface area (Å²) < 4.78 is 0. The molecule has 2 aromatic rings. The standard InChI is InChI=1S/C16H21N3O2/c1-2-8-17-15(20)7-9-18-16(21)10-12-11-19-14-6-4-3-5-13(12)14/h3-6,11,19H,2,7-10H2,1H3,(H,17,20)(H,18,21). The van der Waals surface area contributed by atoms with Crippen molar-refractivity contribution in [3.05, 3.63) is 36.0 Å². The number of aromatic nitrogens is 1. The van der Waals surface area contributed by atoms with Gasteiger partial charge in [-0.05, 0) is 18.1 Å². The molecule has 1 aromatic carbocycles. The molecule has 112 valence electrons. The van der Waals surface area contributed by atoms with Crippen LogP contribution < -0.4 is 10.6 Å². The molecule has 21 heavy (non-hydrogen) atoms. The van der Waals surface area contributed by atoms with Crippen molar-refractivity contribution in [3.63, 3.8) is 0 Å². The van der Waals surface area contributed by atoms with E-state index in [1.54, 1.807) is 0 Å². The number of hydrogen-bond acceptors (Lipinski definition) is 2. The van der Waals surface area contributed by atoms with Gasteiger partial charge in [0.1, 0.15) is 0 Å². The molecule has 0 saturated heterocycles. The van der Waals surface area contributed by atoms with Gasteiger partial charge in [-0.1, -0.05) is 25.1 Å². The fourth-order valence-electron chi connectivity index (χ4n) is 2.18. The van der Waals surface area contributed by atoms with Crippen LogP contribution in [0.5, 0.6) is 0 Å². The first-order chi connectivity index (χ1) is 10.2. The lowest BCUT2D eigenvalue weighted by molar-refractivity contribution is -0.122. The Balaban J connectivity index is 1.78. The topological polar surface area (TPSA) is 74.0 Å². The molecule has 2 rings (SSSR count). The van der Waals surface area contributed by atoms with Crippen LogP contribution in [0.4, 0.5) is 0 Å². The number of rotatable bonds is 7. The molecule has 5 nitrogen and oxygen atoms in total. The lowest BCUT2D eigenvalue weighted by atomic mass is 10.1. The summed E-state index contributed by atoms with van der Waals surface area (Å²) in [5, 5.41) is 6.62. The molecule has 0 bridgehead atoms. The van der Waals surface area contributed by atoms with Gasteiger partial charge in [0.05, 0.1) is 6.42 Å². The third-order valence-corrected chi connectivity index (χ3v) is 3.27. The minimum absolute atomic E-state index is 0.0238. The van der Waals surface area contributed by atoms with Crippen LogP contribution >= 0.6 is 0 Å². The minimum atomic E-state index is -0.0666. The van der Waals surface area contributed by atoms with E-state index >= 15 is 0 Å². The fraction of sp³-hybridized carbons (Fsp3) is 0.375. The summed E-state index contributed by atoms with van der Waals surface area (Å²) in [7, 11) is 0. The Labute approximate surface area is 124 Å². The molecule has 0 spiro atoms. The second-order valence-corrected chi connectivity index (χ2v) is 4.99. The van der Waals surface area contributed by atoms with Crippen LogP contribution in [-0.2, 0) is 16.0 Å². The van der Waals surface area contributed by atoms with Crippen molar-refractivity contribution in [1.82, 2.24) is 15.6 Å². The smallest absolute Gasteiger partial charge is 0.224 e. The number of nitrogens with one attached hydrogen (secondary N) is 3. The average molecular weight is 287 g/mol. The summed E-state index contributed by atoms with van der Waals surface area (Å²) in [5.74, 6) is -0.0905. The quantitative estimate of drug-likeness (QED) is 0.725. The highest BCUT2D eigenvalue weighted by Crippen LogP contribution is 2.17. The molecule has 0 aliphatic heterocycles. The number of fused-ring (bicyclic) bond motifs is 1. The second-order valence-electron chi connectivity index (χ2n) is 4.99. The SMILES string of the molecule is CCCNC(=O)CCNC(=O)Cc1c[nH]c2ccccc12. The zero-order valence-corrected chi connectivity index (χ0v) is 12.2. The molecule has 1 heterocycles. The van der Waals surface area contributed by atoms with Crippen molar-refractivity contribution in [3.8, 4) is 0 Å². The Kier molecular flexibility index (Phi) is 5.37. The zero-order valence-electron chi connectivity index (χ0n) is 12.2. The normalized spacial score (nSPS) is 10.5. The molecule has 0 aliphatic rings. The second kappa shape index (κ2) is 7.47. The maximum atomic E-state index is 11.9. The predicted octanol–water partition coefficient (Wildman–Crippen LogP) is 1.74. The monoisotopic (exact) mass is 287 g/mol. The van der Waals surface area contributed by atoms with Gasteiger partial charge in [0.15, 0.2) is 0 Å². The number of H-pyrrole nitrogens is 1. The summed E-state index contributed by atoms with van der Waals surface area (Å²) >= 11 is 0. The summed E-state index contributed by atoms with van der Waals surface area (Å²) in [6, 6.07) is 7.88. The van der Waals surface area contributed by atoms with Crippen molar-refractivity contribution in [2.24, 2.45) is 0 Å². The highest BCUT2D eigenvalue weighted by Gasteiger charge is 2.08. The van der Waals surface area contributed by atoms with Crippen LogP contribution in [0, 0.1) is 0 Å². The lowest BCUT2D eigenvalue weighted by Gasteiger charge is -2.05. The van der Waals surface area contributed by atoms with Crippen LogP contribution in [0.15, 0.2) is 30.5 Å². The molecular weight excluding hydrogens is 266 g/mol. The summed E-state index contributed by atoms with van der Waals surface area (Å²) in [4.78, 5) is 26.4. The molecule has 0 atom stereocenters. The third kappa shape index (κ3) is 4.34. The van der Waals surface area contributed by atoms with Crippen molar-refractivity contribution in [2.45, 2.75) is 26.2 Å². The number of carbonyl (C=O) groups is 2. The Hall–Kier alpha value is -2.30. The molecular formula is C16H21N3O2. The van der Waals surface area contributed by atoms with E-state index in [2.05, 4.69) is 15.6 Å². The van der Waals surface area contributed by atoms with E-state index in [1.807, 2.05) is 37.4 Å². The molecule has 0 unspecified atom stereocenters. The third-order valence-electron chi connectivity index (χ3n) is 3.27. The molecule has 3 N–H and O–H groups in total. The van der Waals surface area contributed by atoms with Crippen LogP contribution in [0.2, 0.25) is 0 Å². The van der Waals surface area contributed by atoms with Gasteiger partial charge in [-0.3, -0.25) is 9.59 Å². The maximum Gasteiger partial charge on any atom is 0.224 e. The van der Waals surface area contributed by atoms with Gasteiger partial charge in [-0.15, -0.1) is 0 Å². The van der Waals surface area contributed by atoms with E-state index in [0.717, 1.165) is 22.9 Å². The van der Waals surface area contributed by atoms with Gasteiger partial charge in [0.2, 0.25) is 11.8 Å². The molecule has 0 fully saturated rings. The number of carbonyl (C=O) groups excluding carboxylic acids is 2. The molecule has 0 saturated carbocycles. The van der Waals surface area contributed by atoms with Crippen molar-refractivity contribution < 1.29 is 9.59 Å². The van der Waals surface area contributed by atoms with Gasteiger partial charge in [0, 0.05) is 36.6 Å². The highest BCUT2D eigenvalue weighted by molar-refractivity contribution is 5.89. The number of hydrogen-bond donors (Lipinski definition) is 3. The van der Waals surface area contributed by atoms with Gasteiger partial charge in [0.25, 0.3) is 0 Å². The first-order valence-electron chi connectivity index (χ1n) is 7.29. The Morgan fingerprint density at radius 3 is 2.67 bits per heavy atom. The predicted molar refractivity (Wildman–Crippen MR) is 82.9 cm³/mol. The Bertz CT molecular complexity index is 619. The summed E-state index contributed by atoms with van der Waals surface area (Å²) in [6.07, 6.45) is 3.41. The van der Waals surface area contributed by atoms with E-state index in [4.69, 9.17) is 0 Å². The Morgan fingerprint density at radius 2 is 1.86 bits per heavy atom. The van der Waals surface area contributed by atoms with E-state index in [-0.39, 0.29) is 11.8 Å². The van der Waals surface area contributed by atoms with Crippen molar-refractivity contribution in [1.29, 1.82) is 0 Å². The number of benzene rings is 1. The van der Waals surface area contributed by atoms with Crippen molar-refractivity contribution >= 4 is 22.7 Å². The fourth-order valence-corrected chi connectivity index (χ4v) is 2.18. The molecule has 0 radical (unpaired) electrons. The van der Waals surface area contributed by atoms with Gasteiger partial charge < -0.3 is 15.6 Å². The van der Waals surface area contributed by atoms with Crippen molar-refractivity contribution in [2.75, 3.05) is 13.1 Å². The lowest BCUT2D eigenvalue weighted by Crippen LogP contribution is -2.31. The first-order valence-corrected chi connectivity index (χ1v) is 7.29. The average Bonchev–Trinajstić information content (AvgIpc) is 2.88. The number of amides is 2. The van der Waals surface area contributed by atoms with Crippen LogP contribution in [0.1, 0.15) is 25.3 Å². The first kappa shape index (κ1) is 15.1. The van der Waals surface area contributed by atoms with E-state index in [9.17, 15) is 9.59 Å². The number of aromatic amines is 1. The van der Waals surface area contributed by atoms with Gasteiger partial charge in [-0.2, -0.15) is 0 Å². The van der Waals surface area contributed by atoms with E-state index < -0.39 is 0 Å². The Morgan fingerprint density at radius 1 is 1.10 bits per heavy atom. The van der Waals surface area contributed by atoms with Gasteiger partial charge in [-0.25, -0.2) is 0 Å². The molecule has 1 aromatic heterocycles. The van der Waals surface area contributed by atoms with Crippen LogP contribution in [0.25, 0.3) is 10.9 Å². The largest absolute Gasteiger partial charge is 0.361 e. The maximum absolute atomic E-state index is 11.9. The molecule has 0 aliphatic carbocycles. The van der Waals surface area contributed by atoms with Crippen LogP contribution in [0.3, 0.4) is 0 Å². The summed E-state index contributed by atoms with van der Waals surface area (Å²) in [6.45, 7) is 3.06. The number of para-hydroxylation sites is 1. The van der Waals surface area contributed by atoms with E-state index in [0.29, 0.717) is 25.9 Å². The zero-order chi connectivity index (χ0) is 15.1. The highest BCUT2D eigenvalue weighted by atomic mass is 16.2. The van der Waals surface area contributed by atoms with Crippen LogP contribution in [-0.4, -0.2) is 29.9 Å². The molecule has 2 amide bonds. The summed E-state index contributed by atoms with van der Waals surface area (Å²) in [5.41, 5.74) is 2.00.